The second kappa shape index (κ2) is 11.3. The Balaban J connectivity index is 1.24. The van der Waals surface area contributed by atoms with Crippen LogP contribution < -0.4 is 9.46 Å². The molecule has 3 aromatic rings. The fourth-order valence-electron chi connectivity index (χ4n) is 4.00. The third-order valence-corrected chi connectivity index (χ3v) is 7.75. The predicted octanol–water partition coefficient (Wildman–Crippen LogP) is 3.76. The van der Waals surface area contributed by atoms with Gasteiger partial charge in [-0.15, -0.1) is 0 Å². The molecule has 8 nitrogen and oxygen atoms in total. The molecule has 0 spiro atoms. The summed E-state index contributed by atoms with van der Waals surface area (Å²) in [6, 6.07) is 11.9. The number of aryl methyl sites for hydroxylation is 1. The minimum Gasteiger partial charge on any atom is -0.507 e. The quantitative estimate of drug-likeness (QED) is 0.279. The molecule has 188 valence electrons. The number of piperazine rings is 1. The average Bonchev–Trinajstić information content (AvgIpc) is 3.24. The largest absolute Gasteiger partial charge is 0.507 e. The lowest BCUT2D eigenvalue weighted by Gasteiger charge is -2.31. The number of aromatic nitrogens is 1. The second-order valence-electron chi connectivity index (χ2n) is 8.72. The minimum atomic E-state index is -3.63. The summed E-state index contributed by atoms with van der Waals surface area (Å²) >= 11 is 6.09. The number of nitrogens with zero attached hydrogens (tertiary/aromatic N) is 2. The van der Waals surface area contributed by atoms with Crippen molar-refractivity contribution in [1.82, 2.24) is 19.5 Å². The Labute approximate surface area is 211 Å². The topological polar surface area (TPSA) is 97.9 Å². The van der Waals surface area contributed by atoms with Gasteiger partial charge >= 0.3 is 0 Å². The number of hydrogen-bond acceptors (Lipinski definition) is 6. The molecule has 4 rings (SSSR count). The number of H-pyrrole nitrogens is 1. The lowest BCUT2D eigenvalue weighted by Crippen LogP contribution is -2.42. The van der Waals surface area contributed by atoms with E-state index in [9.17, 15) is 13.5 Å². The lowest BCUT2D eigenvalue weighted by atomic mass is 10.1. The second-order valence-corrected chi connectivity index (χ2v) is 10.9. The van der Waals surface area contributed by atoms with E-state index in [1.54, 1.807) is 18.3 Å². The predicted molar refractivity (Wildman–Crippen MR) is 139 cm³/mol. The van der Waals surface area contributed by atoms with Crippen LogP contribution in [0, 0.1) is 0 Å². The van der Waals surface area contributed by atoms with Gasteiger partial charge in [0.1, 0.15) is 18.1 Å². The Bertz CT molecular complexity index is 1270. The van der Waals surface area contributed by atoms with E-state index in [0.29, 0.717) is 23.7 Å². The first-order valence-electron chi connectivity index (χ1n) is 11.6. The van der Waals surface area contributed by atoms with Crippen LogP contribution in [0.5, 0.6) is 5.75 Å². The first-order valence-corrected chi connectivity index (χ1v) is 13.5. The summed E-state index contributed by atoms with van der Waals surface area (Å²) in [5, 5.41) is 11.9. The SMILES string of the molecule is CN1CCN(/C=C(\O)COc2ccc(S(=O)(=O)NCCCc3c[nH]c4ccc(Cl)cc34)cc2)CC1. The maximum Gasteiger partial charge on any atom is 0.240 e. The van der Waals surface area contributed by atoms with Crippen LogP contribution in [0.1, 0.15) is 12.0 Å². The maximum atomic E-state index is 12.6. The van der Waals surface area contributed by atoms with Crippen molar-refractivity contribution in [1.29, 1.82) is 0 Å². The van der Waals surface area contributed by atoms with Gasteiger partial charge in [-0.05, 0) is 67.9 Å². The molecule has 0 saturated carbocycles. The number of aromatic amines is 1. The number of nitrogens with one attached hydrogen (secondary N) is 2. The van der Waals surface area contributed by atoms with Gasteiger partial charge in [0, 0.05) is 61.0 Å². The maximum absolute atomic E-state index is 12.6. The highest BCUT2D eigenvalue weighted by Gasteiger charge is 2.14. The summed E-state index contributed by atoms with van der Waals surface area (Å²) in [5.41, 5.74) is 2.11. The molecule has 10 heteroatoms. The van der Waals surface area contributed by atoms with Gasteiger partial charge in [-0.3, -0.25) is 0 Å². The summed E-state index contributed by atoms with van der Waals surface area (Å²) < 4.78 is 33.5. The molecule has 1 saturated heterocycles. The minimum absolute atomic E-state index is 0.0235. The number of likely N-dealkylation sites (N-methyl/N-ethyl adjacent to an activating group) is 1. The van der Waals surface area contributed by atoms with Crippen LogP contribution >= 0.6 is 11.6 Å². The number of rotatable bonds is 10. The fraction of sp³-hybridized carbons (Fsp3) is 0.360. The van der Waals surface area contributed by atoms with Crippen LogP contribution in [-0.2, 0) is 16.4 Å². The first-order chi connectivity index (χ1) is 16.8. The van der Waals surface area contributed by atoms with Gasteiger partial charge < -0.3 is 24.6 Å². The Hall–Kier alpha value is -2.72. The molecule has 2 aromatic carbocycles. The number of aliphatic hydroxyl groups is 1. The van der Waals surface area contributed by atoms with Gasteiger partial charge in [-0.1, -0.05) is 11.6 Å². The summed E-state index contributed by atoms with van der Waals surface area (Å²) in [4.78, 5) is 7.68. The number of ether oxygens (including phenoxy) is 1. The molecule has 35 heavy (non-hydrogen) atoms. The molecule has 0 radical (unpaired) electrons. The molecule has 2 heterocycles. The molecule has 0 atom stereocenters. The number of halogens is 1. The fourth-order valence-corrected chi connectivity index (χ4v) is 5.24. The Morgan fingerprint density at radius 2 is 1.91 bits per heavy atom. The van der Waals surface area contributed by atoms with Crippen molar-refractivity contribution in [3.8, 4) is 5.75 Å². The van der Waals surface area contributed by atoms with Crippen molar-refractivity contribution < 1.29 is 18.3 Å². The number of hydrogen-bond donors (Lipinski definition) is 3. The van der Waals surface area contributed by atoms with E-state index < -0.39 is 10.0 Å². The Morgan fingerprint density at radius 3 is 2.66 bits per heavy atom. The van der Waals surface area contributed by atoms with E-state index in [0.717, 1.165) is 49.1 Å². The highest BCUT2D eigenvalue weighted by molar-refractivity contribution is 7.89. The smallest absolute Gasteiger partial charge is 0.240 e. The van der Waals surface area contributed by atoms with Crippen LogP contribution in [0.3, 0.4) is 0 Å². The summed E-state index contributed by atoms with van der Waals surface area (Å²) in [6.07, 6.45) is 5.02. The monoisotopic (exact) mass is 518 g/mol. The Kier molecular flexibility index (Phi) is 8.22. The molecule has 1 aromatic heterocycles. The standard InChI is InChI=1S/C25H31ClN4O4S/c1-29-11-13-30(14-12-29)17-21(31)18-34-22-5-7-23(8-6-22)35(32,33)28-10-2-3-19-16-27-25-9-4-20(26)15-24(19)25/h4-9,15-17,27-28,31H,2-3,10-14,18H2,1H3/b21-17-. The van der Waals surface area contributed by atoms with Gasteiger partial charge in [0.25, 0.3) is 0 Å². The number of sulfonamides is 1. The molecule has 1 aliphatic rings. The van der Waals surface area contributed by atoms with E-state index in [1.165, 1.54) is 12.1 Å². The summed E-state index contributed by atoms with van der Waals surface area (Å²) in [7, 11) is -1.55. The van der Waals surface area contributed by atoms with Gasteiger partial charge in [0.2, 0.25) is 10.0 Å². The van der Waals surface area contributed by atoms with E-state index >= 15 is 0 Å². The number of fused-ring (bicyclic) bond motifs is 1. The zero-order valence-corrected chi connectivity index (χ0v) is 21.3. The zero-order valence-electron chi connectivity index (χ0n) is 19.7. The van der Waals surface area contributed by atoms with Gasteiger partial charge in [-0.25, -0.2) is 13.1 Å². The number of aliphatic hydroxyl groups excluding tert-OH is 1. The van der Waals surface area contributed by atoms with Crippen molar-refractivity contribution in [2.45, 2.75) is 17.7 Å². The van der Waals surface area contributed by atoms with Crippen molar-refractivity contribution in [3.63, 3.8) is 0 Å². The molecule has 0 amide bonds. The average molecular weight is 519 g/mol. The van der Waals surface area contributed by atoms with E-state index in [1.807, 2.05) is 24.4 Å². The zero-order chi connectivity index (χ0) is 24.8. The van der Waals surface area contributed by atoms with E-state index in [2.05, 4.69) is 26.6 Å². The third kappa shape index (κ3) is 6.91. The molecule has 0 bridgehead atoms. The molecule has 1 aliphatic heterocycles. The van der Waals surface area contributed by atoms with Crippen LogP contribution in [0.25, 0.3) is 10.9 Å². The first kappa shape index (κ1) is 25.4. The lowest BCUT2D eigenvalue weighted by molar-refractivity contribution is 0.187. The van der Waals surface area contributed by atoms with Crippen molar-refractivity contribution in [3.05, 3.63) is 71.2 Å². The highest BCUT2D eigenvalue weighted by atomic mass is 35.5. The van der Waals surface area contributed by atoms with E-state index in [4.69, 9.17) is 16.3 Å². The molecular formula is C25H31ClN4O4S. The molecule has 1 fully saturated rings. The summed E-state index contributed by atoms with van der Waals surface area (Å²) in [6.45, 7) is 3.96. The van der Waals surface area contributed by atoms with E-state index in [-0.39, 0.29) is 17.3 Å². The van der Waals surface area contributed by atoms with Crippen LogP contribution in [0.15, 0.2) is 65.5 Å². The van der Waals surface area contributed by atoms with Gasteiger partial charge in [0.05, 0.1) is 4.90 Å². The molecule has 3 N–H and O–H groups in total. The molecular weight excluding hydrogens is 488 g/mol. The molecule has 0 unspecified atom stereocenters. The van der Waals surface area contributed by atoms with Crippen LogP contribution in [-0.4, -0.2) is 74.7 Å². The van der Waals surface area contributed by atoms with Crippen molar-refractivity contribution in [2.75, 3.05) is 46.4 Å². The number of benzene rings is 2. The van der Waals surface area contributed by atoms with Crippen LogP contribution in [0.2, 0.25) is 5.02 Å². The van der Waals surface area contributed by atoms with Gasteiger partial charge in [0.15, 0.2) is 0 Å². The summed E-state index contributed by atoms with van der Waals surface area (Å²) in [5.74, 6) is 0.616. The highest BCUT2D eigenvalue weighted by Crippen LogP contribution is 2.23. The van der Waals surface area contributed by atoms with Crippen molar-refractivity contribution >= 4 is 32.5 Å². The third-order valence-electron chi connectivity index (χ3n) is 6.03. The normalized spacial score (nSPS) is 15.6. The van der Waals surface area contributed by atoms with Gasteiger partial charge in [-0.2, -0.15) is 0 Å². The molecule has 0 aliphatic carbocycles. The van der Waals surface area contributed by atoms with Crippen LogP contribution in [0.4, 0.5) is 0 Å². The Morgan fingerprint density at radius 1 is 1.17 bits per heavy atom. The van der Waals surface area contributed by atoms with Crippen molar-refractivity contribution in [2.24, 2.45) is 0 Å².